The zero-order valence-electron chi connectivity index (χ0n) is 10.0. The first kappa shape index (κ1) is 11.5. The summed E-state index contributed by atoms with van der Waals surface area (Å²) >= 11 is 3.45. The first-order valence-corrected chi connectivity index (χ1v) is 7.25. The highest BCUT2D eigenvalue weighted by Gasteiger charge is 2.44. The van der Waals surface area contributed by atoms with Crippen LogP contribution in [0, 0.1) is 17.8 Å². The summed E-state index contributed by atoms with van der Waals surface area (Å²) in [4.78, 5) is 12.6. The van der Waals surface area contributed by atoms with Crippen molar-refractivity contribution in [1.29, 1.82) is 0 Å². The molecule has 2 aliphatic rings. The van der Waals surface area contributed by atoms with Crippen LogP contribution in [0.3, 0.4) is 0 Å². The summed E-state index contributed by atoms with van der Waals surface area (Å²) in [6, 6.07) is 0. The first-order valence-electron chi connectivity index (χ1n) is 6.46. The molecule has 92 valence electrons. The molecule has 2 fully saturated rings. The molecule has 1 aromatic rings. The normalized spacial score (nSPS) is 31.1. The Labute approximate surface area is 110 Å². The highest BCUT2D eigenvalue weighted by Crippen LogP contribution is 2.49. The lowest BCUT2D eigenvalue weighted by molar-refractivity contribution is 0.0862. The van der Waals surface area contributed by atoms with Crippen LogP contribution in [0.2, 0.25) is 0 Å². The van der Waals surface area contributed by atoms with Crippen molar-refractivity contribution < 1.29 is 4.79 Å². The number of ketones is 1. The van der Waals surface area contributed by atoms with E-state index in [2.05, 4.69) is 21.0 Å². The number of aryl methyl sites for hydroxylation is 1. The lowest BCUT2D eigenvalue weighted by atomic mass is 9.84. The van der Waals surface area contributed by atoms with Gasteiger partial charge >= 0.3 is 0 Å². The molecule has 0 aromatic carbocycles. The maximum atomic E-state index is 12.6. The number of hydrogen-bond acceptors (Lipinski definition) is 2. The van der Waals surface area contributed by atoms with Crippen molar-refractivity contribution in [1.82, 2.24) is 9.78 Å². The van der Waals surface area contributed by atoms with Crippen molar-refractivity contribution >= 4 is 21.7 Å². The van der Waals surface area contributed by atoms with Crippen LogP contribution in [0.5, 0.6) is 0 Å². The molecule has 17 heavy (non-hydrogen) atoms. The average Bonchev–Trinajstić information content (AvgIpc) is 3.01. The predicted molar refractivity (Wildman–Crippen MR) is 68.9 cm³/mol. The zero-order chi connectivity index (χ0) is 12.0. The number of fused-ring (bicyclic) bond motifs is 2. The molecule has 0 aliphatic heterocycles. The minimum Gasteiger partial charge on any atom is -0.292 e. The van der Waals surface area contributed by atoms with E-state index in [4.69, 9.17) is 0 Å². The molecule has 0 saturated heterocycles. The van der Waals surface area contributed by atoms with Gasteiger partial charge in [0.25, 0.3) is 0 Å². The molecule has 0 N–H and O–H groups in total. The third-order valence-electron chi connectivity index (χ3n) is 4.40. The van der Waals surface area contributed by atoms with Crippen molar-refractivity contribution in [3.8, 4) is 0 Å². The summed E-state index contributed by atoms with van der Waals surface area (Å²) in [6.07, 6.45) is 6.70. The number of rotatable bonds is 3. The maximum Gasteiger partial charge on any atom is 0.185 e. The Morgan fingerprint density at radius 1 is 1.53 bits per heavy atom. The van der Waals surface area contributed by atoms with Gasteiger partial charge in [-0.25, -0.2) is 0 Å². The van der Waals surface area contributed by atoms with E-state index in [0.29, 0.717) is 11.7 Å². The van der Waals surface area contributed by atoms with Gasteiger partial charge in [0.05, 0.1) is 10.7 Å². The molecule has 2 aliphatic carbocycles. The lowest BCUT2D eigenvalue weighted by Crippen LogP contribution is -2.24. The Balaban J connectivity index is 1.89. The maximum absolute atomic E-state index is 12.6. The quantitative estimate of drug-likeness (QED) is 0.802. The van der Waals surface area contributed by atoms with Crippen LogP contribution >= 0.6 is 15.9 Å². The number of hydrogen-bond donors (Lipinski definition) is 0. The fourth-order valence-corrected chi connectivity index (χ4v) is 4.08. The molecular formula is C13H17BrN2O. The van der Waals surface area contributed by atoms with Gasteiger partial charge in [0.1, 0.15) is 5.69 Å². The minimum atomic E-state index is 0.257. The molecule has 1 heterocycles. The fourth-order valence-electron chi connectivity index (χ4n) is 3.59. The molecule has 3 unspecified atom stereocenters. The van der Waals surface area contributed by atoms with Crippen molar-refractivity contribution in [3.05, 3.63) is 16.4 Å². The third kappa shape index (κ3) is 1.77. The van der Waals surface area contributed by atoms with Gasteiger partial charge in [0.15, 0.2) is 5.78 Å². The van der Waals surface area contributed by atoms with Crippen LogP contribution < -0.4 is 0 Å². The highest BCUT2D eigenvalue weighted by molar-refractivity contribution is 9.10. The largest absolute Gasteiger partial charge is 0.292 e. The van der Waals surface area contributed by atoms with Crippen LogP contribution in [0.1, 0.15) is 43.1 Å². The van der Waals surface area contributed by atoms with E-state index in [-0.39, 0.29) is 5.92 Å². The monoisotopic (exact) mass is 296 g/mol. The third-order valence-corrected chi connectivity index (χ3v) is 4.98. The Morgan fingerprint density at radius 2 is 2.35 bits per heavy atom. The van der Waals surface area contributed by atoms with Crippen LogP contribution in [0.25, 0.3) is 0 Å². The summed E-state index contributed by atoms with van der Waals surface area (Å²) in [6.45, 7) is 2.78. The second-order valence-electron chi connectivity index (χ2n) is 5.30. The fraction of sp³-hybridized carbons (Fsp3) is 0.692. The number of halogens is 1. The minimum absolute atomic E-state index is 0.257. The summed E-state index contributed by atoms with van der Waals surface area (Å²) in [5.41, 5.74) is 0.782. The Bertz CT molecular complexity index is 454. The number of carbonyl (C=O) groups is 1. The number of aromatic nitrogens is 2. The Kier molecular flexibility index (Phi) is 2.85. The molecule has 4 heteroatoms. The number of Topliss-reactive ketones (excluding diaryl/α,β-unsaturated/α-hetero) is 1. The molecule has 0 amide bonds. The molecule has 2 bridgehead atoms. The van der Waals surface area contributed by atoms with E-state index in [1.165, 1.54) is 19.3 Å². The summed E-state index contributed by atoms with van der Waals surface area (Å²) in [7, 11) is 0. The van der Waals surface area contributed by atoms with Gasteiger partial charge in [-0.1, -0.05) is 6.42 Å². The molecule has 0 spiro atoms. The summed E-state index contributed by atoms with van der Waals surface area (Å²) in [5.74, 6) is 2.01. The van der Waals surface area contributed by atoms with Gasteiger partial charge in [0.2, 0.25) is 0 Å². The van der Waals surface area contributed by atoms with Crippen LogP contribution in [-0.2, 0) is 6.54 Å². The summed E-state index contributed by atoms with van der Waals surface area (Å²) in [5, 5.41) is 4.24. The van der Waals surface area contributed by atoms with E-state index in [9.17, 15) is 4.79 Å². The van der Waals surface area contributed by atoms with E-state index in [1.807, 2.05) is 11.6 Å². The van der Waals surface area contributed by atoms with E-state index < -0.39 is 0 Å². The van der Waals surface area contributed by atoms with Gasteiger partial charge in [-0.2, -0.15) is 5.10 Å². The van der Waals surface area contributed by atoms with Gasteiger partial charge < -0.3 is 0 Å². The second kappa shape index (κ2) is 4.23. The van der Waals surface area contributed by atoms with E-state index in [1.54, 1.807) is 6.20 Å². The van der Waals surface area contributed by atoms with E-state index in [0.717, 1.165) is 29.1 Å². The van der Waals surface area contributed by atoms with Crippen molar-refractivity contribution in [3.63, 3.8) is 0 Å². The lowest BCUT2D eigenvalue weighted by Gasteiger charge is -2.20. The number of nitrogens with zero attached hydrogens (tertiary/aromatic N) is 2. The van der Waals surface area contributed by atoms with Crippen LogP contribution in [0.15, 0.2) is 10.7 Å². The second-order valence-corrected chi connectivity index (χ2v) is 6.16. The Hall–Kier alpha value is -0.640. The highest BCUT2D eigenvalue weighted by atomic mass is 79.9. The molecule has 1 aromatic heterocycles. The zero-order valence-corrected chi connectivity index (χ0v) is 11.6. The molecule has 0 radical (unpaired) electrons. The van der Waals surface area contributed by atoms with Crippen molar-refractivity contribution in [2.24, 2.45) is 17.8 Å². The van der Waals surface area contributed by atoms with Gasteiger partial charge in [-0.05, 0) is 54.0 Å². The van der Waals surface area contributed by atoms with Gasteiger partial charge in [-0.3, -0.25) is 9.48 Å². The molecule has 3 nitrogen and oxygen atoms in total. The van der Waals surface area contributed by atoms with Crippen LogP contribution in [0.4, 0.5) is 0 Å². The number of carbonyl (C=O) groups excluding carboxylic acids is 1. The smallest absolute Gasteiger partial charge is 0.185 e. The first-order chi connectivity index (χ1) is 8.20. The standard InChI is InChI=1S/C13H17BrN2O/c1-2-16-12(11(14)7-15-16)13(17)10-6-8-3-4-9(10)5-8/h7-10H,2-6H2,1H3. The SMILES string of the molecule is CCn1ncc(Br)c1C(=O)C1CC2CCC1C2. The van der Waals surface area contributed by atoms with Gasteiger partial charge in [0, 0.05) is 12.5 Å². The molecular weight excluding hydrogens is 280 g/mol. The predicted octanol–water partition coefficient (Wildman–Crippen LogP) is 3.28. The molecule has 3 atom stereocenters. The van der Waals surface area contributed by atoms with Crippen LogP contribution in [-0.4, -0.2) is 15.6 Å². The van der Waals surface area contributed by atoms with Crippen molar-refractivity contribution in [2.45, 2.75) is 39.2 Å². The topological polar surface area (TPSA) is 34.9 Å². The Morgan fingerprint density at radius 3 is 2.94 bits per heavy atom. The molecule has 3 rings (SSSR count). The average molecular weight is 297 g/mol. The molecule has 2 saturated carbocycles. The summed E-state index contributed by atoms with van der Waals surface area (Å²) < 4.78 is 2.67. The van der Waals surface area contributed by atoms with Crippen molar-refractivity contribution in [2.75, 3.05) is 0 Å². The van der Waals surface area contributed by atoms with E-state index >= 15 is 0 Å². The van der Waals surface area contributed by atoms with Gasteiger partial charge in [-0.15, -0.1) is 0 Å².